The highest BCUT2D eigenvalue weighted by Crippen LogP contribution is 2.32. The summed E-state index contributed by atoms with van der Waals surface area (Å²) in [6, 6.07) is 3.94. The Balaban J connectivity index is 1.56. The molecule has 1 unspecified atom stereocenters. The fourth-order valence-electron chi connectivity index (χ4n) is 3.76. The minimum absolute atomic E-state index is 0.0763. The summed E-state index contributed by atoms with van der Waals surface area (Å²) in [7, 11) is 0. The third-order valence-corrected chi connectivity index (χ3v) is 5.30. The number of fused-ring (bicyclic) bond motifs is 1. The van der Waals surface area contributed by atoms with Crippen molar-refractivity contribution in [2.24, 2.45) is 0 Å². The molecule has 5 amide bonds. The number of hydrogen-bond acceptors (Lipinski definition) is 7. The first kappa shape index (κ1) is 22.4. The number of benzene rings is 1. The lowest BCUT2D eigenvalue weighted by atomic mass is 10.0. The summed E-state index contributed by atoms with van der Waals surface area (Å²) in [4.78, 5) is 61.8. The summed E-state index contributed by atoms with van der Waals surface area (Å²) in [5.74, 6) is -2.22. The zero-order chi connectivity index (χ0) is 22.4. The number of anilines is 1. The highest BCUT2D eigenvalue weighted by Gasteiger charge is 2.45. The van der Waals surface area contributed by atoms with Crippen molar-refractivity contribution in [3.8, 4) is 0 Å². The van der Waals surface area contributed by atoms with Crippen LogP contribution >= 0.6 is 0 Å². The Bertz CT molecular complexity index is 900. The van der Waals surface area contributed by atoms with Gasteiger partial charge in [-0.1, -0.05) is 12.5 Å². The van der Waals surface area contributed by atoms with Crippen LogP contribution in [0.4, 0.5) is 5.69 Å². The summed E-state index contributed by atoms with van der Waals surface area (Å²) in [6.45, 7) is 0.718. The van der Waals surface area contributed by atoms with Crippen molar-refractivity contribution in [1.29, 1.82) is 0 Å². The number of unbranched alkanes of at least 4 members (excludes halogenated alkanes) is 2. The molecule has 0 bridgehead atoms. The van der Waals surface area contributed by atoms with E-state index in [1.807, 2.05) is 0 Å². The van der Waals surface area contributed by atoms with Gasteiger partial charge in [-0.25, -0.2) is 0 Å². The second kappa shape index (κ2) is 10.2. The maximum absolute atomic E-state index is 13.0. The van der Waals surface area contributed by atoms with Crippen molar-refractivity contribution < 1.29 is 29.1 Å². The van der Waals surface area contributed by atoms with Crippen LogP contribution < -0.4 is 16.0 Å². The van der Waals surface area contributed by atoms with Crippen LogP contribution in [-0.4, -0.2) is 65.3 Å². The second-order valence-electron chi connectivity index (χ2n) is 7.49. The van der Waals surface area contributed by atoms with Crippen molar-refractivity contribution >= 4 is 35.2 Å². The molecule has 166 valence electrons. The third kappa shape index (κ3) is 5.08. The molecule has 0 spiro atoms. The molecule has 0 saturated carbocycles. The molecule has 0 aliphatic carbocycles. The van der Waals surface area contributed by atoms with Crippen LogP contribution in [0.3, 0.4) is 0 Å². The summed E-state index contributed by atoms with van der Waals surface area (Å²) in [6.07, 6.45) is 2.83. The normalized spacial score (nSPS) is 18.1. The number of aliphatic hydroxyl groups excluding tert-OH is 1. The molecule has 1 saturated heterocycles. The lowest BCUT2D eigenvalue weighted by Gasteiger charge is -2.27. The van der Waals surface area contributed by atoms with Gasteiger partial charge in [-0.3, -0.25) is 34.2 Å². The lowest BCUT2D eigenvalue weighted by Crippen LogP contribution is -2.54. The molecular weight excluding hydrogens is 404 g/mol. The summed E-state index contributed by atoms with van der Waals surface area (Å²) in [5, 5.41) is 16.6. The maximum Gasteiger partial charge on any atom is 0.264 e. The number of piperidine rings is 1. The van der Waals surface area contributed by atoms with Gasteiger partial charge < -0.3 is 15.7 Å². The summed E-state index contributed by atoms with van der Waals surface area (Å²) in [5.41, 5.74) is 0.993. The van der Waals surface area contributed by atoms with Gasteiger partial charge in [-0.05, 0) is 31.4 Å². The number of aliphatic hydroxyl groups is 1. The molecule has 2 aliphatic rings. The smallest absolute Gasteiger partial charge is 0.264 e. The van der Waals surface area contributed by atoms with Gasteiger partial charge in [-0.15, -0.1) is 0 Å². The Morgan fingerprint density at radius 1 is 1.10 bits per heavy atom. The number of carbonyl (C=O) groups is 5. The summed E-state index contributed by atoms with van der Waals surface area (Å²) >= 11 is 0. The Labute approximate surface area is 179 Å². The molecule has 2 aliphatic heterocycles. The molecule has 1 atom stereocenters. The number of nitrogens with one attached hydrogen (secondary N) is 3. The van der Waals surface area contributed by atoms with Gasteiger partial charge in [0.05, 0.1) is 17.7 Å². The average molecular weight is 430 g/mol. The monoisotopic (exact) mass is 430 g/mol. The molecule has 1 aromatic carbocycles. The van der Waals surface area contributed by atoms with Crippen LogP contribution in [0.25, 0.3) is 0 Å². The fraction of sp³-hybridized carbons (Fsp3) is 0.476. The Morgan fingerprint density at radius 2 is 1.90 bits per heavy atom. The van der Waals surface area contributed by atoms with E-state index < -0.39 is 29.7 Å². The second-order valence-corrected chi connectivity index (χ2v) is 7.49. The highest BCUT2D eigenvalue weighted by molar-refractivity contribution is 6.25. The topological polar surface area (TPSA) is 145 Å². The van der Waals surface area contributed by atoms with Crippen LogP contribution in [0.2, 0.25) is 0 Å². The van der Waals surface area contributed by atoms with Crippen LogP contribution in [0.15, 0.2) is 18.2 Å². The van der Waals surface area contributed by atoms with E-state index in [4.69, 9.17) is 5.11 Å². The van der Waals surface area contributed by atoms with Gasteiger partial charge in [0, 0.05) is 31.6 Å². The predicted octanol–water partition coefficient (Wildman–Crippen LogP) is 0.169. The first-order valence-corrected chi connectivity index (χ1v) is 10.4. The molecule has 1 fully saturated rings. The molecule has 31 heavy (non-hydrogen) atoms. The van der Waals surface area contributed by atoms with E-state index >= 15 is 0 Å². The van der Waals surface area contributed by atoms with E-state index in [2.05, 4.69) is 16.0 Å². The van der Waals surface area contributed by atoms with E-state index in [-0.39, 0.29) is 43.0 Å². The standard InChI is InChI=1S/C21H26N4O6/c26-12-11-23-16(27)7-2-1-3-10-22-14-6-4-5-13-18(14)21(31)25(20(13)30)15-8-9-17(28)24-19(15)29/h4-6,15,22,26H,1-3,7-12H2,(H,23,27)(H,24,28,29). The minimum atomic E-state index is -0.991. The van der Waals surface area contributed by atoms with Crippen molar-refractivity contribution in [2.75, 3.05) is 25.0 Å². The number of nitrogens with zero attached hydrogens (tertiary/aromatic N) is 1. The lowest BCUT2D eigenvalue weighted by molar-refractivity contribution is -0.136. The Hall–Kier alpha value is -3.27. The molecule has 2 heterocycles. The van der Waals surface area contributed by atoms with Crippen LogP contribution in [-0.2, 0) is 14.4 Å². The molecule has 0 radical (unpaired) electrons. The van der Waals surface area contributed by atoms with Gasteiger partial charge in [0.1, 0.15) is 6.04 Å². The van der Waals surface area contributed by atoms with Gasteiger partial charge in [0.15, 0.2) is 0 Å². The molecule has 3 rings (SSSR count). The fourth-order valence-corrected chi connectivity index (χ4v) is 3.76. The molecular formula is C21H26N4O6. The zero-order valence-corrected chi connectivity index (χ0v) is 17.1. The Kier molecular flexibility index (Phi) is 7.35. The van der Waals surface area contributed by atoms with Crippen LogP contribution in [0.5, 0.6) is 0 Å². The van der Waals surface area contributed by atoms with Gasteiger partial charge in [0.25, 0.3) is 11.8 Å². The third-order valence-electron chi connectivity index (χ3n) is 5.30. The number of amides is 5. The number of carbonyl (C=O) groups excluding carboxylic acids is 5. The van der Waals surface area contributed by atoms with E-state index in [0.29, 0.717) is 25.1 Å². The van der Waals surface area contributed by atoms with Crippen LogP contribution in [0.1, 0.15) is 59.2 Å². The van der Waals surface area contributed by atoms with E-state index in [9.17, 15) is 24.0 Å². The number of rotatable bonds is 10. The predicted molar refractivity (Wildman–Crippen MR) is 110 cm³/mol. The quantitative estimate of drug-likeness (QED) is 0.306. The highest BCUT2D eigenvalue weighted by atomic mass is 16.3. The number of hydrogen-bond donors (Lipinski definition) is 4. The summed E-state index contributed by atoms with van der Waals surface area (Å²) < 4.78 is 0. The van der Waals surface area contributed by atoms with Crippen molar-refractivity contribution in [3.05, 3.63) is 29.3 Å². The minimum Gasteiger partial charge on any atom is -0.395 e. The average Bonchev–Trinajstić information content (AvgIpc) is 3.00. The van der Waals surface area contributed by atoms with E-state index in [1.54, 1.807) is 18.2 Å². The molecule has 1 aromatic rings. The SMILES string of the molecule is O=C(CCCCCNc1cccc2c1C(=O)N(C1CCC(=O)NC1=O)C2=O)NCCO. The zero-order valence-electron chi connectivity index (χ0n) is 17.1. The van der Waals surface area contributed by atoms with Crippen LogP contribution in [0, 0.1) is 0 Å². The van der Waals surface area contributed by atoms with Gasteiger partial charge >= 0.3 is 0 Å². The van der Waals surface area contributed by atoms with Gasteiger partial charge in [0.2, 0.25) is 17.7 Å². The largest absolute Gasteiger partial charge is 0.395 e. The first-order chi connectivity index (χ1) is 14.9. The molecule has 10 nitrogen and oxygen atoms in total. The first-order valence-electron chi connectivity index (χ1n) is 10.4. The number of imide groups is 2. The maximum atomic E-state index is 13.0. The molecule has 0 aromatic heterocycles. The van der Waals surface area contributed by atoms with Crippen molar-refractivity contribution in [2.45, 2.75) is 44.6 Å². The van der Waals surface area contributed by atoms with Crippen molar-refractivity contribution in [3.63, 3.8) is 0 Å². The molecule has 4 N–H and O–H groups in total. The van der Waals surface area contributed by atoms with E-state index in [0.717, 1.165) is 17.7 Å². The van der Waals surface area contributed by atoms with E-state index in [1.165, 1.54) is 0 Å². The Morgan fingerprint density at radius 3 is 2.65 bits per heavy atom. The molecule has 10 heteroatoms. The van der Waals surface area contributed by atoms with Gasteiger partial charge in [-0.2, -0.15) is 0 Å². The van der Waals surface area contributed by atoms with Crippen molar-refractivity contribution in [1.82, 2.24) is 15.5 Å².